The number of aliphatic hydroxyl groups is 1. The number of nitrogens with zero attached hydrogens (tertiary/aromatic N) is 4. The highest BCUT2D eigenvalue weighted by Crippen LogP contribution is 2.18. The van der Waals surface area contributed by atoms with Crippen molar-refractivity contribution in [3.05, 3.63) is 18.2 Å². The van der Waals surface area contributed by atoms with E-state index >= 15 is 0 Å². The minimum absolute atomic E-state index is 0.211. The Morgan fingerprint density at radius 2 is 2.15 bits per heavy atom. The molecule has 0 aliphatic carbocycles. The summed E-state index contributed by atoms with van der Waals surface area (Å²) >= 11 is 0. The van der Waals surface area contributed by atoms with Gasteiger partial charge in [-0.3, -0.25) is 4.90 Å². The number of imidazole rings is 1. The Morgan fingerprint density at radius 1 is 1.45 bits per heavy atom. The molecule has 1 saturated heterocycles. The first-order valence-corrected chi connectivity index (χ1v) is 7.59. The molecule has 0 saturated carbocycles. The summed E-state index contributed by atoms with van der Waals surface area (Å²) in [4.78, 5) is 9.13. The number of piperidine rings is 1. The van der Waals surface area contributed by atoms with E-state index in [-0.39, 0.29) is 6.10 Å². The van der Waals surface area contributed by atoms with Crippen molar-refractivity contribution in [2.24, 2.45) is 13.0 Å². The van der Waals surface area contributed by atoms with Crippen LogP contribution < -0.4 is 0 Å². The second-order valence-electron chi connectivity index (χ2n) is 6.24. The number of rotatable bonds is 6. The van der Waals surface area contributed by atoms with E-state index in [0.29, 0.717) is 0 Å². The third-order valence-electron chi connectivity index (χ3n) is 4.13. The minimum Gasteiger partial charge on any atom is -0.392 e. The van der Waals surface area contributed by atoms with E-state index in [1.54, 1.807) is 0 Å². The molecule has 2 heterocycles. The lowest BCUT2D eigenvalue weighted by Crippen LogP contribution is -2.40. The summed E-state index contributed by atoms with van der Waals surface area (Å²) in [5.74, 6) is 1.89. The van der Waals surface area contributed by atoms with Crippen LogP contribution in [0.25, 0.3) is 0 Å². The van der Waals surface area contributed by atoms with Gasteiger partial charge in [0.15, 0.2) is 0 Å². The van der Waals surface area contributed by atoms with Crippen molar-refractivity contribution in [1.29, 1.82) is 0 Å². The van der Waals surface area contributed by atoms with Crippen LogP contribution in [0.15, 0.2) is 12.4 Å². The first kappa shape index (κ1) is 15.5. The van der Waals surface area contributed by atoms with E-state index < -0.39 is 0 Å². The zero-order chi connectivity index (χ0) is 14.5. The van der Waals surface area contributed by atoms with E-state index in [1.807, 2.05) is 26.4 Å². The molecule has 0 aromatic carbocycles. The number of hydrogen-bond acceptors (Lipinski definition) is 4. The number of likely N-dealkylation sites (tertiary alicyclic amines) is 1. The molecule has 5 nitrogen and oxygen atoms in total. The van der Waals surface area contributed by atoms with Crippen molar-refractivity contribution in [2.75, 3.05) is 33.2 Å². The third kappa shape index (κ3) is 4.58. The maximum Gasteiger partial charge on any atom is 0.122 e. The molecule has 5 heteroatoms. The van der Waals surface area contributed by atoms with E-state index in [1.165, 1.54) is 12.8 Å². The maximum absolute atomic E-state index is 9.43. The zero-order valence-electron chi connectivity index (χ0n) is 13.0. The molecule has 1 atom stereocenters. The molecule has 0 radical (unpaired) electrons. The van der Waals surface area contributed by atoms with Crippen LogP contribution in [0.4, 0.5) is 0 Å². The van der Waals surface area contributed by atoms with Crippen molar-refractivity contribution < 1.29 is 5.11 Å². The molecule has 20 heavy (non-hydrogen) atoms. The molecule has 1 aromatic heterocycles. The number of aryl methyl sites for hydroxylation is 1. The Kier molecular flexibility index (Phi) is 5.57. The molecule has 114 valence electrons. The second kappa shape index (κ2) is 7.20. The van der Waals surface area contributed by atoms with Gasteiger partial charge in [0.1, 0.15) is 5.82 Å². The quantitative estimate of drug-likeness (QED) is 0.842. The number of aliphatic hydroxyl groups excluding tert-OH is 1. The van der Waals surface area contributed by atoms with Gasteiger partial charge in [-0.25, -0.2) is 4.98 Å². The van der Waals surface area contributed by atoms with Gasteiger partial charge in [-0.1, -0.05) is 0 Å². The van der Waals surface area contributed by atoms with E-state index in [2.05, 4.69) is 26.4 Å². The molecule has 1 aromatic rings. The Bertz CT molecular complexity index is 396. The predicted octanol–water partition coefficient (Wildman–Crippen LogP) is 0.945. The molecule has 0 bridgehead atoms. The van der Waals surface area contributed by atoms with Gasteiger partial charge in [-0.2, -0.15) is 0 Å². The fourth-order valence-corrected chi connectivity index (χ4v) is 3.02. The van der Waals surface area contributed by atoms with Crippen molar-refractivity contribution >= 4 is 0 Å². The first-order valence-electron chi connectivity index (χ1n) is 7.59. The normalized spacial score (nSPS) is 19.6. The molecule has 0 spiro atoms. The molecule has 1 aliphatic rings. The predicted molar refractivity (Wildman–Crippen MR) is 80.4 cm³/mol. The van der Waals surface area contributed by atoms with Crippen LogP contribution in [-0.4, -0.2) is 63.8 Å². The van der Waals surface area contributed by atoms with Crippen LogP contribution in [-0.2, 0) is 13.6 Å². The van der Waals surface area contributed by atoms with Gasteiger partial charge in [0.25, 0.3) is 0 Å². The van der Waals surface area contributed by atoms with Gasteiger partial charge in [-0.15, -0.1) is 0 Å². The lowest BCUT2D eigenvalue weighted by molar-refractivity contribution is 0.0916. The van der Waals surface area contributed by atoms with Crippen LogP contribution >= 0.6 is 0 Å². The fraction of sp³-hybridized carbons (Fsp3) is 0.800. The third-order valence-corrected chi connectivity index (χ3v) is 4.13. The molecular formula is C15H28N4O. The van der Waals surface area contributed by atoms with Crippen molar-refractivity contribution in [3.63, 3.8) is 0 Å². The van der Waals surface area contributed by atoms with Crippen LogP contribution in [0, 0.1) is 5.92 Å². The molecule has 1 aliphatic heterocycles. The SMILES string of the molecule is C[C@H](O)CN1CCC(CN(C)Cc2nccn2C)CC1. The van der Waals surface area contributed by atoms with Gasteiger partial charge >= 0.3 is 0 Å². The van der Waals surface area contributed by atoms with Crippen molar-refractivity contribution in [3.8, 4) is 0 Å². The second-order valence-corrected chi connectivity index (χ2v) is 6.24. The summed E-state index contributed by atoms with van der Waals surface area (Å²) in [5.41, 5.74) is 0. The Balaban J connectivity index is 1.71. The Morgan fingerprint density at radius 3 is 2.70 bits per heavy atom. The molecule has 1 fully saturated rings. The summed E-state index contributed by atoms with van der Waals surface area (Å²) in [7, 11) is 4.22. The zero-order valence-corrected chi connectivity index (χ0v) is 13.0. The average Bonchev–Trinajstić information content (AvgIpc) is 2.77. The van der Waals surface area contributed by atoms with Gasteiger partial charge < -0.3 is 14.6 Å². The highest BCUT2D eigenvalue weighted by atomic mass is 16.3. The Labute approximate surface area is 122 Å². The number of hydrogen-bond donors (Lipinski definition) is 1. The lowest BCUT2D eigenvalue weighted by atomic mass is 9.96. The van der Waals surface area contributed by atoms with Gasteiger partial charge in [0, 0.05) is 32.5 Å². The molecular weight excluding hydrogens is 252 g/mol. The smallest absolute Gasteiger partial charge is 0.122 e. The summed E-state index contributed by atoms with van der Waals surface area (Å²) in [6.07, 6.45) is 6.11. The maximum atomic E-state index is 9.43. The average molecular weight is 280 g/mol. The lowest BCUT2D eigenvalue weighted by Gasteiger charge is -2.34. The summed E-state index contributed by atoms with van der Waals surface area (Å²) in [5, 5.41) is 9.43. The molecule has 1 N–H and O–H groups in total. The standard InChI is InChI=1S/C15H28N4O/c1-13(20)10-19-7-4-14(5-8-19)11-17(2)12-15-16-6-9-18(15)3/h6,9,13-14,20H,4-5,7-8,10-12H2,1-3H3/t13-/m0/s1. The molecule has 2 rings (SSSR count). The topological polar surface area (TPSA) is 44.5 Å². The van der Waals surface area contributed by atoms with Crippen LogP contribution in [0.3, 0.4) is 0 Å². The Hall–Kier alpha value is -0.910. The van der Waals surface area contributed by atoms with Gasteiger partial charge in [0.2, 0.25) is 0 Å². The number of aromatic nitrogens is 2. The van der Waals surface area contributed by atoms with E-state index in [9.17, 15) is 5.11 Å². The first-order chi connectivity index (χ1) is 9.54. The summed E-state index contributed by atoms with van der Waals surface area (Å²) in [6.45, 7) is 6.97. The van der Waals surface area contributed by atoms with Crippen LogP contribution in [0.2, 0.25) is 0 Å². The molecule has 0 amide bonds. The highest BCUT2D eigenvalue weighted by Gasteiger charge is 2.21. The minimum atomic E-state index is -0.211. The van der Waals surface area contributed by atoms with Gasteiger partial charge in [0.05, 0.1) is 12.6 Å². The van der Waals surface area contributed by atoms with E-state index in [0.717, 1.165) is 44.5 Å². The highest BCUT2D eigenvalue weighted by molar-refractivity contribution is 4.90. The van der Waals surface area contributed by atoms with E-state index in [4.69, 9.17) is 0 Å². The summed E-state index contributed by atoms with van der Waals surface area (Å²) in [6, 6.07) is 0. The number of β-amino-alcohol motifs (C(OH)–C–C–N with tert-alkyl or cyclic N) is 1. The monoisotopic (exact) mass is 280 g/mol. The van der Waals surface area contributed by atoms with Crippen molar-refractivity contribution in [2.45, 2.75) is 32.4 Å². The van der Waals surface area contributed by atoms with Crippen LogP contribution in [0.5, 0.6) is 0 Å². The van der Waals surface area contributed by atoms with Crippen molar-refractivity contribution in [1.82, 2.24) is 19.4 Å². The van der Waals surface area contributed by atoms with Crippen LogP contribution in [0.1, 0.15) is 25.6 Å². The largest absolute Gasteiger partial charge is 0.392 e. The van der Waals surface area contributed by atoms with Gasteiger partial charge in [-0.05, 0) is 45.8 Å². The summed E-state index contributed by atoms with van der Waals surface area (Å²) < 4.78 is 2.09. The molecule has 0 unspecified atom stereocenters. The fourth-order valence-electron chi connectivity index (χ4n) is 3.02.